The lowest BCUT2D eigenvalue weighted by Crippen LogP contribution is -2.15. The first-order chi connectivity index (χ1) is 13.5. The summed E-state index contributed by atoms with van der Waals surface area (Å²) in [6, 6.07) is 11.2. The number of carbonyl (C=O) groups is 1. The van der Waals surface area contributed by atoms with Crippen LogP contribution < -0.4 is 14.8 Å². The Morgan fingerprint density at radius 3 is 2.64 bits per heavy atom. The Balaban J connectivity index is 1.71. The lowest BCUT2D eigenvalue weighted by atomic mass is 10.1. The molecule has 28 heavy (non-hydrogen) atoms. The van der Waals surface area contributed by atoms with E-state index in [0.717, 1.165) is 11.3 Å². The standard InChI is InChI=1S/C19H21N5O3S/c1-12-5-6-14(9-13(12)2)20-18(25)11-28-19-21-22-23-24(19)16-8-7-15(26-3)10-17(16)27-4/h5-10H,11H2,1-4H3,(H,20,25). The molecule has 1 N–H and O–H groups in total. The van der Waals surface area contributed by atoms with E-state index < -0.39 is 0 Å². The SMILES string of the molecule is COc1ccc(-n2nnnc2SCC(=O)Nc2ccc(C)c(C)c2)c(OC)c1. The van der Waals surface area contributed by atoms with Gasteiger partial charge < -0.3 is 14.8 Å². The Bertz CT molecular complexity index is 989. The van der Waals surface area contributed by atoms with Gasteiger partial charge in [-0.25, -0.2) is 0 Å². The Morgan fingerprint density at radius 2 is 1.93 bits per heavy atom. The van der Waals surface area contributed by atoms with E-state index in [2.05, 4.69) is 20.8 Å². The van der Waals surface area contributed by atoms with Crippen LogP contribution >= 0.6 is 11.8 Å². The number of aryl methyl sites for hydroxylation is 2. The van der Waals surface area contributed by atoms with E-state index in [1.54, 1.807) is 32.4 Å². The summed E-state index contributed by atoms with van der Waals surface area (Å²) >= 11 is 1.24. The maximum absolute atomic E-state index is 12.3. The summed E-state index contributed by atoms with van der Waals surface area (Å²) in [5, 5.41) is 15.1. The van der Waals surface area contributed by atoms with E-state index in [4.69, 9.17) is 9.47 Å². The third-order valence-electron chi connectivity index (χ3n) is 4.18. The van der Waals surface area contributed by atoms with E-state index in [0.29, 0.717) is 22.3 Å². The molecule has 0 saturated carbocycles. The Kier molecular flexibility index (Phi) is 6.15. The monoisotopic (exact) mass is 399 g/mol. The highest BCUT2D eigenvalue weighted by molar-refractivity contribution is 7.99. The largest absolute Gasteiger partial charge is 0.497 e. The minimum atomic E-state index is -0.135. The van der Waals surface area contributed by atoms with Crippen LogP contribution in [0.15, 0.2) is 41.6 Å². The molecule has 2 aromatic carbocycles. The van der Waals surface area contributed by atoms with Gasteiger partial charge in [-0.05, 0) is 59.7 Å². The number of aromatic nitrogens is 4. The highest BCUT2D eigenvalue weighted by Crippen LogP contribution is 2.29. The number of methoxy groups -OCH3 is 2. The number of ether oxygens (including phenoxy) is 2. The van der Waals surface area contributed by atoms with Crippen LogP contribution in [0.3, 0.4) is 0 Å². The number of anilines is 1. The average molecular weight is 399 g/mol. The molecule has 9 heteroatoms. The van der Waals surface area contributed by atoms with Gasteiger partial charge in [0.1, 0.15) is 17.2 Å². The molecule has 0 spiro atoms. The molecule has 1 aromatic heterocycles. The van der Waals surface area contributed by atoms with Crippen molar-refractivity contribution in [3.05, 3.63) is 47.5 Å². The molecule has 0 unspecified atom stereocenters. The van der Waals surface area contributed by atoms with Gasteiger partial charge in [0.25, 0.3) is 0 Å². The van der Waals surface area contributed by atoms with Gasteiger partial charge in [-0.2, -0.15) is 4.68 Å². The number of tetrazole rings is 1. The number of amides is 1. The lowest BCUT2D eigenvalue weighted by molar-refractivity contribution is -0.113. The molecule has 8 nitrogen and oxygen atoms in total. The van der Waals surface area contributed by atoms with Crippen LogP contribution in [-0.2, 0) is 4.79 Å². The third-order valence-corrected chi connectivity index (χ3v) is 5.10. The van der Waals surface area contributed by atoms with E-state index in [9.17, 15) is 4.79 Å². The van der Waals surface area contributed by atoms with Crippen LogP contribution in [0.1, 0.15) is 11.1 Å². The fraction of sp³-hybridized carbons (Fsp3) is 0.263. The van der Waals surface area contributed by atoms with Crippen molar-refractivity contribution in [1.29, 1.82) is 0 Å². The zero-order valence-electron chi connectivity index (χ0n) is 16.1. The first-order valence-electron chi connectivity index (χ1n) is 8.52. The zero-order valence-corrected chi connectivity index (χ0v) is 16.9. The topological polar surface area (TPSA) is 91.2 Å². The number of nitrogens with one attached hydrogen (secondary N) is 1. The summed E-state index contributed by atoms with van der Waals surface area (Å²) in [5.41, 5.74) is 3.73. The predicted molar refractivity (Wildman–Crippen MR) is 108 cm³/mol. The molecule has 1 heterocycles. The molecule has 0 bridgehead atoms. The Morgan fingerprint density at radius 1 is 1.11 bits per heavy atom. The highest BCUT2D eigenvalue weighted by atomic mass is 32.2. The highest BCUT2D eigenvalue weighted by Gasteiger charge is 2.16. The van der Waals surface area contributed by atoms with Gasteiger partial charge in [0.2, 0.25) is 11.1 Å². The normalized spacial score (nSPS) is 10.6. The molecule has 3 rings (SSSR count). The van der Waals surface area contributed by atoms with Crippen LogP contribution in [0, 0.1) is 13.8 Å². The fourth-order valence-corrected chi connectivity index (χ4v) is 3.21. The molecular weight excluding hydrogens is 378 g/mol. The number of hydrogen-bond acceptors (Lipinski definition) is 7. The van der Waals surface area contributed by atoms with Crippen molar-refractivity contribution in [1.82, 2.24) is 20.2 Å². The molecule has 0 aliphatic rings. The smallest absolute Gasteiger partial charge is 0.234 e. The summed E-state index contributed by atoms with van der Waals surface area (Å²) in [4.78, 5) is 12.3. The predicted octanol–water partition coefficient (Wildman–Crippen LogP) is 3.03. The molecule has 0 atom stereocenters. The summed E-state index contributed by atoms with van der Waals surface area (Å²) in [5.74, 6) is 1.26. The molecular formula is C19H21N5O3S. The van der Waals surface area contributed by atoms with Crippen LogP contribution in [-0.4, -0.2) is 46.1 Å². The van der Waals surface area contributed by atoms with Crippen molar-refractivity contribution in [2.45, 2.75) is 19.0 Å². The second kappa shape index (κ2) is 8.75. The molecule has 1 amide bonds. The van der Waals surface area contributed by atoms with Crippen LogP contribution in [0.5, 0.6) is 11.5 Å². The maximum atomic E-state index is 12.3. The van der Waals surface area contributed by atoms with E-state index in [-0.39, 0.29) is 11.7 Å². The van der Waals surface area contributed by atoms with Gasteiger partial charge in [-0.3, -0.25) is 4.79 Å². The Hall–Kier alpha value is -3.07. The van der Waals surface area contributed by atoms with E-state index in [1.807, 2.05) is 32.0 Å². The Labute approximate surface area is 167 Å². The molecule has 0 radical (unpaired) electrons. The van der Waals surface area contributed by atoms with Crippen molar-refractivity contribution in [2.24, 2.45) is 0 Å². The van der Waals surface area contributed by atoms with Gasteiger partial charge in [0.15, 0.2) is 0 Å². The van der Waals surface area contributed by atoms with Crippen molar-refractivity contribution in [3.63, 3.8) is 0 Å². The number of nitrogens with zero attached hydrogens (tertiary/aromatic N) is 4. The molecule has 0 saturated heterocycles. The minimum absolute atomic E-state index is 0.135. The second-order valence-electron chi connectivity index (χ2n) is 6.05. The van der Waals surface area contributed by atoms with E-state index >= 15 is 0 Å². The lowest BCUT2D eigenvalue weighted by Gasteiger charge is -2.11. The molecule has 0 aliphatic heterocycles. The molecule has 3 aromatic rings. The molecule has 146 valence electrons. The van der Waals surface area contributed by atoms with Gasteiger partial charge >= 0.3 is 0 Å². The van der Waals surface area contributed by atoms with Crippen LogP contribution in [0.2, 0.25) is 0 Å². The summed E-state index contributed by atoms with van der Waals surface area (Å²) < 4.78 is 12.2. The van der Waals surface area contributed by atoms with Gasteiger partial charge in [0.05, 0.1) is 20.0 Å². The van der Waals surface area contributed by atoms with Crippen molar-refractivity contribution in [3.8, 4) is 17.2 Å². The number of benzene rings is 2. The number of thioether (sulfide) groups is 1. The summed E-state index contributed by atoms with van der Waals surface area (Å²) in [6.07, 6.45) is 0. The van der Waals surface area contributed by atoms with Crippen molar-refractivity contribution < 1.29 is 14.3 Å². The summed E-state index contributed by atoms with van der Waals surface area (Å²) in [6.45, 7) is 4.04. The first-order valence-corrected chi connectivity index (χ1v) is 9.51. The van der Waals surface area contributed by atoms with Crippen molar-refractivity contribution >= 4 is 23.4 Å². The minimum Gasteiger partial charge on any atom is -0.497 e. The van der Waals surface area contributed by atoms with Gasteiger partial charge in [0, 0.05) is 11.8 Å². The number of rotatable bonds is 7. The van der Waals surface area contributed by atoms with Crippen molar-refractivity contribution in [2.75, 3.05) is 25.3 Å². The second-order valence-corrected chi connectivity index (χ2v) is 6.99. The number of hydrogen-bond donors (Lipinski definition) is 1. The average Bonchev–Trinajstić information content (AvgIpc) is 3.17. The van der Waals surface area contributed by atoms with Crippen LogP contribution in [0.25, 0.3) is 5.69 Å². The van der Waals surface area contributed by atoms with E-state index in [1.165, 1.54) is 22.0 Å². The van der Waals surface area contributed by atoms with Crippen LogP contribution in [0.4, 0.5) is 5.69 Å². The quantitative estimate of drug-likeness (QED) is 0.611. The third kappa shape index (κ3) is 4.42. The first kappa shape index (κ1) is 19.7. The maximum Gasteiger partial charge on any atom is 0.234 e. The fourth-order valence-electron chi connectivity index (χ4n) is 2.53. The molecule has 0 aliphatic carbocycles. The number of carbonyl (C=O) groups excluding carboxylic acids is 1. The summed E-state index contributed by atoms with van der Waals surface area (Å²) in [7, 11) is 3.15. The van der Waals surface area contributed by atoms with Gasteiger partial charge in [-0.15, -0.1) is 5.10 Å². The van der Waals surface area contributed by atoms with Gasteiger partial charge in [-0.1, -0.05) is 17.8 Å². The molecule has 0 fully saturated rings. The zero-order chi connectivity index (χ0) is 20.1.